The third-order valence-electron chi connectivity index (χ3n) is 5.64. The number of rotatable bonds is 6. The van der Waals surface area contributed by atoms with Crippen LogP contribution >= 0.6 is 0 Å². The molecule has 180 valence electrons. The quantitative estimate of drug-likeness (QED) is 0.433. The highest BCUT2D eigenvalue weighted by Crippen LogP contribution is 2.21. The lowest BCUT2D eigenvalue weighted by Gasteiger charge is -2.25. The van der Waals surface area contributed by atoms with E-state index < -0.39 is 10.0 Å². The Bertz CT molecular complexity index is 1470. The van der Waals surface area contributed by atoms with Crippen LogP contribution in [0.15, 0.2) is 66.2 Å². The van der Waals surface area contributed by atoms with Crippen molar-refractivity contribution in [2.45, 2.75) is 11.6 Å². The molecule has 0 spiro atoms. The molecule has 1 amide bonds. The first kappa shape index (κ1) is 23.0. The molecule has 0 unspecified atom stereocenters. The zero-order chi connectivity index (χ0) is 24.4. The number of sulfonamides is 1. The summed E-state index contributed by atoms with van der Waals surface area (Å²) in [5.74, 6) is -0.726. The second-order valence-electron chi connectivity index (χ2n) is 7.86. The molecule has 1 aliphatic heterocycles. The minimum Gasteiger partial charge on any atom is -0.379 e. The van der Waals surface area contributed by atoms with Crippen LogP contribution in [0.5, 0.6) is 0 Å². The number of morpholine rings is 1. The number of halogens is 1. The second kappa shape index (κ2) is 9.49. The van der Waals surface area contributed by atoms with Gasteiger partial charge in [-0.3, -0.25) is 9.78 Å². The van der Waals surface area contributed by atoms with Gasteiger partial charge in [-0.25, -0.2) is 22.5 Å². The van der Waals surface area contributed by atoms with E-state index in [1.807, 2.05) is 0 Å². The molecule has 1 fully saturated rings. The Morgan fingerprint density at radius 1 is 1.03 bits per heavy atom. The lowest BCUT2D eigenvalue weighted by atomic mass is 10.1. The highest BCUT2D eigenvalue weighted by atomic mass is 32.2. The monoisotopic (exact) mass is 496 g/mol. The van der Waals surface area contributed by atoms with Crippen molar-refractivity contribution in [3.8, 4) is 5.69 Å². The average molecular weight is 497 g/mol. The van der Waals surface area contributed by atoms with E-state index in [1.54, 1.807) is 35.3 Å². The van der Waals surface area contributed by atoms with Gasteiger partial charge in [-0.05, 0) is 35.9 Å². The second-order valence-corrected chi connectivity index (χ2v) is 9.74. The number of pyridine rings is 2. The van der Waals surface area contributed by atoms with Gasteiger partial charge in [0.25, 0.3) is 15.9 Å². The van der Waals surface area contributed by atoms with Crippen LogP contribution < -0.4 is 5.32 Å². The standard InChI is InChI=1S/C23H21FN6O4S/c24-17-2-4-18(5-3-17)30-21-15-25-13-20(19(21)14-28-30)23(31)27-12-16-1-6-22(26-11-16)35(32,33)29-7-9-34-10-8-29/h1-6,11,13-15H,7-10,12H2,(H,27,31). The Hall–Kier alpha value is -3.74. The van der Waals surface area contributed by atoms with Crippen LogP contribution in [0.2, 0.25) is 0 Å². The molecule has 5 rings (SSSR count). The fourth-order valence-electron chi connectivity index (χ4n) is 3.78. The van der Waals surface area contributed by atoms with Crippen LogP contribution in [0.25, 0.3) is 16.6 Å². The summed E-state index contributed by atoms with van der Waals surface area (Å²) >= 11 is 0. The Morgan fingerprint density at radius 3 is 2.51 bits per heavy atom. The Balaban J connectivity index is 1.30. The summed E-state index contributed by atoms with van der Waals surface area (Å²) in [7, 11) is -3.68. The van der Waals surface area contributed by atoms with Gasteiger partial charge in [-0.15, -0.1) is 0 Å². The van der Waals surface area contributed by atoms with E-state index in [-0.39, 0.29) is 23.3 Å². The Labute approximate surface area is 200 Å². The van der Waals surface area contributed by atoms with Crippen LogP contribution in [-0.4, -0.2) is 64.7 Å². The SMILES string of the molecule is O=C(NCc1ccc(S(=O)(=O)N2CCOCC2)nc1)c1cncc2c1cnn2-c1ccc(F)cc1. The van der Waals surface area contributed by atoms with Gasteiger partial charge in [0.1, 0.15) is 5.82 Å². The van der Waals surface area contributed by atoms with E-state index in [4.69, 9.17) is 4.74 Å². The summed E-state index contributed by atoms with van der Waals surface area (Å²) in [6, 6.07) is 8.89. The van der Waals surface area contributed by atoms with Crippen LogP contribution in [-0.2, 0) is 21.3 Å². The number of aromatic nitrogens is 4. The number of benzene rings is 1. The summed E-state index contributed by atoms with van der Waals surface area (Å²) in [5, 5.41) is 7.67. The Kier molecular flexibility index (Phi) is 6.24. The zero-order valence-electron chi connectivity index (χ0n) is 18.5. The van der Waals surface area contributed by atoms with Gasteiger partial charge in [-0.1, -0.05) is 6.07 Å². The molecule has 4 aromatic rings. The number of nitrogens with one attached hydrogen (secondary N) is 1. The first-order chi connectivity index (χ1) is 16.9. The highest BCUT2D eigenvalue weighted by molar-refractivity contribution is 7.89. The predicted molar refractivity (Wildman–Crippen MR) is 124 cm³/mol. The number of ether oxygens (including phenoxy) is 1. The van der Waals surface area contributed by atoms with Crippen molar-refractivity contribution < 1.29 is 22.3 Å². The number of carbonyl (C=O) groups is 1. The molecule has 0 aliphatic carbocycles. The van der Waals surface area contributed by atoms with Crippen molar-refractivity contribution in [3.05, 3.63) is 78.1 Å². The van der Waals surface area contributed by atoms with E-state index in [9.17, 15) is 17.6 Å². The molecule has 0 radical (unpaired) electrons. The van der Waals surface area contributed by atoms with E-state index in [0.29, 0.717) is 54.0 Å². The van der Waals surface area contributed by atoms with Gasteiger partial charge in [-0.2, -0.15) is 9.40 Å². The summed E-state index contributed by atoms with van der Waals surface area (Å²) in [6.45, 7) is 1.44. The number of amides is 1. The molecular formula is C23H21FN6O4S. The maximum atomic E-state index is 13.3. The molecule has 1 saturated heterocycles. The van der Waals surface area contributed by atoms with Crippen LogP contribution in [0, 0.1) is 5.82 Å². The maximum Gasteiger partial charge on any atom is 0.260 e. The average Bonchev–Trinajstić information content (AvgIpc) is 3.33. The molecule has 1 N–H and O–H groups in total. The summed E-state index contributed by atoms with van der Waals surface area (Å²) in [4.78, 5) is 21.1. The minimum absolute atomic E-state index is 0.0448. The number of hydrogen-bond acceptors (Lipinski definition) is 7. The van der Waals surface area contributed by atoms with Gasteiger partial charge in [0.05, 0.1) is 42.4 Å². The van der Waals surface area contributed by atoms with Crippen LogP contribution in [0.3, 0.4) is 0 Å². The predicted octanol–water partition coefficient (Wildman–Crippen LogP) is 1.91. The molecule has 35 heavy (non-hydrogen) atoms. The molecular weight excluding hydrogens is 475 g/mol. The van der Waals surface area contributed by atoms with Crippen molar-refractivity contribution >= 4 is 26.8 Å². The maximum absolute atomic E-state index is 13.3. The zero-order valence-corrected chi connectivity index (χ0v) is 19.3. The van der Waals surface area contributed by atoms with Gasteiger partial charge in [0.2, 0.25) is 0 Å². The molecule has 3 aromatic heterocycles. The topological polar surface area (TPSA) is 119 Å². The van der Waals surface area contributed by atoms with E-state index >= 15 is 0 Å². The van der Waals surface area contributed by atoms with Crippen molar-refractivity contribution in [3.63, 3.8) is 0 Å². The molecule has 0 bridgehead atoms. The first-order valence-corrected chi connectivity index (χ1v) is 12.3. The molecule has 1 aliphatic rings. The minimum atomic E-state index is -3.68. The lowest BCUT2D eigenvalue weighted by molar-refractivity contribution is 0.0729. The first-order valence-electron chi connectivity index (χ1n) is 10.8. The summed E-state index contributed by atoms with van der Waals surface area (Å²) in [5.41, 5.74) is 2.21. The third-order valence-corrected chi connectivity index (χ3v) is 7.45. The van der Waals surface area contributed by atoms with Crippen LogP contribution in [0.4, 0.5) is 4.39 Å². The highest BCUT2D eigenvalue weighted by Gasteiger charge is 2.27. The van der Waals surface area contributed by atoms with E-state index in [1.165, 1.54) is 34.9 Å². The largest absolute Gasteiger partial charge is 0.379 e. The van der Waals surface area contributed by atoms with Gasteiger partial charge in [0, 0.05) is 37.4 Å². The Morgan fingerprint density at radius 2 is 1.80 bits per heavy atom. The van der Waals surface area contributed by atoms with Gasteiger partial charge in [0.15, 0.2) is 5.03 Å². The molecule has 10 nitrogen and oxygen atoms in total. The molecule has 0 saturated carbocycles. The van der Waals surface area contributed by atoms with Gasteiger partial charge >= 0.3 is 0 Å². The van der Waals surface area contributed by atoms with Crippen molar-refractivity contribution in [2.75, 3.05) is 26.3 Å². The van der Waals surface area contributed by atoms with E-state index in [2.05, 4.69) is 20.4 Å². The molecule has 0 atom stereocenters. The normalized spacial score (nSPS) is 14.8. The number of carbonyl (C=O) groups excluding carboxylic acids is 1. The molecule has 4 heterocycles. The third kappa shape index (κ3) is 4.63. The van der Waals surface area contributed by atoms with Crippen molar-refractivity contribution in [1.29, 1.82) is 0 Å². The lowest BCUT2D eigenvalue weighted by Crippen LogP contribution is -2.40. The fraction of sp³-hybridized carbons (Fsp3) is 0.217. The van der Waals surface area contributed by atoms with Crippen LogP contribution in [0.1, 0.15) is 15.9 Å². The van der Waals surface area contributed by atoms with Crippen molar-refractivity contribution in [1.82, 2.24) is 29.4 Å². The van der Waals surface area contributed by atoms with Crippen molar-refractivity contribution in [2.24, 2.45) is 0 Å². The molecule has 1 aromatic carbocycles. The fourth-order valence-corrected chi connectivity index (χ4v) is 5.10. The molecule has 12 heteroatoms. The number of nitrogens with zero attached hydrogens (tertiary/aromatic N) is 5. The summed E-state index contributed by atoms with van der Waals surface area (Å²) < 4.78 is 46.8. The smallest absolute Gasteiger partial charge is 0.260 e. The summed E-state index contributed by atoms with van der Waals surface area (Å²) in [6.07, 6.45) is 6.02. The number of fused-ring (bicyclic) bond motifs is 1. The van der Waals surface area contributed by atoms with E-state index in [0.717, 1.165) is 0 Å². The van der Waals surface area contributed by atoms with Gasteiger partial charge < -0.3 is 10.1 Å². The number of hydrogen-bond donors (Lipinski definition) is 1.